The summed E-state index contributed by atoms with van der Waals surface area (Å²) in [6.45, 7) is 0.585. The molecule has 0 amide bonds. The Bertz CT molecular complexity index is 963. The van der Waals surface area contributed by atoms with Gasteiger partial charge in [0.05, 0.1) is 18.5 Å². The van der Waals surface area contributed by atoms with Crippen molar-refractivity contribution in [2.45, 2.75) is 12.8 Å². The molecule has 9 heteroatoms. The third kappa shape index (κ3) is 4.12. The molecule has 0 bridgehead atoms. The molecule has 2 aromatic heterocycles. The molecule has 0 aliphatic heterocycles. The molecule has 8 nitrogen and oxygen atoms in total. The number of nitrogens with zero attached hydrogens (tertiary/aromatic N) is 5. The van der Waals surface area contributed by atoms with Crippen LogP contribution in [0, 0.1) is 17.1 Å². The minimum atomic E-state index is -0.351. The number of aromatic nitrogens is 4. The van der Waals surface area contributed by atoms with E-state index in [9.17, 15) is 9.65 Å². The first-order chi connectivity index (χ1) is 13.1. The number of anilines is 2. The Labute approximate surface area is 155 Å². The van der Waals surface area contributed by atoms with Gasteiger partial charge in [-0.1, -0.05) is 0 Å². The molecule has 3 N–H and O–H groups in total. The van der Waals surface area contributed by atoms with E-state index in [1.807, 2.05) is 0 Å². The average molecular weight is 367 g/mol. The molecule has 3 aromatic rings. The van der Waals surface area contributed by atoms with Crippen LogP contribution in [0.3, 0.4) is 0 Å². The minimum Gasteiger partial charge on any atom is -0.481 e. The molecular formula is C18H18FN7O. The van der Waals surface area contributed by atoms with Gasteiger partial charge in [0, 0.05) is 18.8 Å². The summed E-state index contributed by atoms with van der Waals surface area (Å²) in [6, 6.07) is 9.52. The van der Waals surface area contributed by atoms with Gasteiger partial charge in [0.15, 0.2) is 0 Å². The van der Waals surface area contributed by atoms with Crippen molar-refractivity contribution in [2.75, 3.05) is 24.7 Å². The first-order valence-corrected chi connectivity index (χ1v) is 8.26. The van der Waals surface area contributed by atoms with E-state index in [2.05, 4.69) is 26.5 Å². The lowest BCUT2D eigenvalue weighted by Crippen LogP contribution is -2.07. The van der Waals surface area contributed by atoms with Gasteiger partial charge in [-0.3, -0.25) is 0 Å². The molecule has 2 heterocycles. The van der Waals surface area contributed by atoms with Gasteiger partial charge in [0.1, 0.15) is 23.3 Å². The zero-order valence-corrected chi connectivity index (χ0v) is 14.7. The number of nitrogens with one attached hydrogen (secondary N) is 1. The van der Waals surface area contributed by atoms with E-state index < -0.39 is 0 Å². The van der Waals surface area contributed by atoms with Crippen LogP contribution < -0.4 is 15.8 Å². The molecule has 0 aliphatic carbocycles. The molecule has 3 rings (SSSR count). The molecule has 1 aromatic carbocycles. The zero-order valence-electron chi connectivity index (χ0n) is 14.7. The normalized spacial score (nSPS) is 10.4. The molecule has 0 aliphatic rings. The van der Waals surface area contributed by atoms with Gasteiger partial charge in [0.25, 0.3) is 0 Å². The lowest BCUT2D eigenvalue weighted by molar-refractivity contribution is 0.397. The summed E-state index contributed by atoms with van der Waals surface area (Å²) in [5, 5.41) is 16.9. The molecule has 0 fully saturated rings. The number of nitrogens with two attached hydrogens (primary N) is 1. The van der Waals surface area contributed by atoms with E-state index in [1.54, 1.807) is 24.4 Å². The van der Waals surface area contributed by atoms with Crippen molar-refractivity contribution in [2.24, 2.45) is 0 Å². The van der Waals surface area contributed by atoms with Gasteiger partial charge in [0.2, 0.25) is 11.8 Å². The molecule has 0 spiro atoms. The standard InChI is InChI=1S/C18H18FN7O/c1-27-16-8-10-23-18(24-16)22-9-2-3-15-14(11-20)17(21)26(25-15)13-6-4-12(19)5-7-13/h4-8,10H,2-3,9,21H2,1H3,(H,22,23,24). The average Bonchev–Trinajstić information content (AvgIpc) is 3.01. The predicted octanol–water partition coefficient (Wildman–Crippen LogP) is 2.31. The van der Waals surface area contributed by atoms with Crippen molar-refractivity contribution in [1.29, 1.82) is 5.26 Å². The number of nitriles is 1. The third-order valence-corrected chi connectivity index (χ3v) is 3.89. The largest absolute Gasteiger partial charge is 0.481 e. The Kier molecular flexibility index (Phi) is 5.47. The molecule has 0 radical (unpaired) electrons. The second-order valence-electron chi connectivity index (χ2n) is 5.66. The van der Waals surface area contributed by atoms with Crippen molar-refractivity contribution in [3.05, 3.63) is 53.6 Å². The highest BCUT2D eigenvalue weighted by atomic mass is 19.1. The number of nitrogen functional groups attached to an aromatic ring is 1. The number of benzene rings is 1. The minimum absolute atomic E-state index is 0.239. The van der Waals surface area contributed by atoms with Gasteiger partial charge in [-0.25, -0.2) is 14.1 Å². The van der Waals surface area contributed by atoms with Crippen molar-refractivity contribution >= 4 is 11.8 Å². The summed E-state index contributed by atoms with van der Waals surface area (Å²) < 4.78 is 19.6. The fourth-order valence-electron chi connectivity index (χ4n) is 2.55. The maximum Gasteiger partial charge on any atom is 0.225 e. The van der Waals surface area contributed by atoms with E-state index >= 15 is 0 Å². The van der Waals surface area contributed by atoms with E-state index in [0.717, 1.165) is 0 Å². The lowest BCUT2D eigenvalue weighted by atomic mass is 10.1. The van der Waals surface area contributed by atoms with E-state index in [0.29, 0.717) is 48.2 Å². The first-order valence-electron chi connectivity index (χ1n) is 8.26. The second kappa shape index (κ2) is 8.14. The van der Waals surface area contributed by atoms with E-state index in [-0.39, 0.29) is 11.6 Å². The van der Waals surface area contributed by atoms with Crippen LogP contribution in [0.2, 0.25) is 0 Å². The van der Waals surface area contributed by atoms with Crippen molar-refractivity contribution in [1.82, 2.24) is 19.7 Å². The van der Waals surface area contributed by atoms with Crippen LogP contribution in [-0.4, -0.2) is 33.4 Å². The van der Waals surface area contributed by atoms with E-state index in [1.165, 1.54) is 23.9 Å². The highest BCUT2D eigenvalue weighted by Gasteiger charge is 2.16. The smallest absolute Gasteiger partial charge is 0.225 e. The van der Waals surface area contributed by atoms with Gasteiger partial charge < -0.3 is 15.8 Å². The molecular weight excluding hydrogens is 349 g/mol. The maximum absolute atomic E-state index is 13.1. The predicted molar refractivity (Wildman–Crippen MR) is 98.0 cm³/mol. The number of ether oxygens (including phenoxy) is 1. The Hall–Kier alpha value is -3.67. The first kappa shape index (κ1) is 18.1. The van der Waals surface area contributed by atoms with Crippen LogP contribution in [0.5, 0.6) is 5.88 Å². The molecule has 0 unspecified atom stereocenters. The number of halogens is 1. The monoisotopic (exact) mass is 367 g/mol. The van der Waals surface area contributed by atoms with Gasteiger partial charge in [-0.15, -0.1) is 0 Å². The van der Waals surface area contributed by atoms with Crippen LogP contribution in [-0.2, 0) is 6.42 Å². The Morgan fingerprint density at radius 1 is 1.30 bits per heavy atom. The molecule has 0 atom stereocenters. The summed E-state index contributed by atoms with van der Waals surface area (Å²) in [6.07, 6.45) is 2.83. The summed E-state index contributed by atoms with van der Waals surface area (Å²) >= 11 is 0. The van der Waals surface area contributed by atoms with Crippen LogP contribution >= 0.6 is 0 Å². The van der Waals surface area contributed by atoms with Gasteiger partial charge in [-0.2, -0.15) is 15.3 Å². The SMILES string of the molecule is COc1ccnc(NCCCc2nn(-c3ccc(F)cc3)c(N)c2C#N)n1. The highest BCUT2D eigenvalue weighted by Crippen LogP contribution is 2.21. The van der Waals surface area contributed by atoms with Crippen molar-refractivity contribution < 1.29 is 9.13 Å². The fraction of sp³-hybridized carbons (Fsp3) is 0.222. The topological polar surface area (TPSA) is 115 Å². The van der Waals surface area contributed by atoms with Crippen LogP contribution in [0.15, 0.2) is 36.5 Å². The van der Waals surface area contributed by atoms with Crippen molar-refractivity contribution in [3.63, 3.8) is 0 Å². The second-order valence-corrected chi connectivity index (χ2v) is 5.66. The van der Waals surface area contributed by atoms with Crippen LogP contribution in [0.4, 0.5) is 16.2 Å². The summed E-state index contributed by atoms with van der Waals surface area (Å²) in [4.78, 5) is 8.27. The van der Waals surface area contributed by atoms with Crippen molar-refractivity contribution in [3.8, 4) is 17.6 Å². The number of aryl methyl sites for hydroxylation is 1. The molecule has 0 saturated carbocycles. The molecule has 27 heavy (non-hydrogen) atoms. The molecule has 138 valence electrons. The summed E-state index contributed by atoms with van der Waals surface area (Å²) in [5.41, 5.74) is 7.56. The molecule has 0 saturated heterocycles. The highest BCUT2D eigenvalue weighted by molar-refractivity contribution is 5.56. The van der Waals surface area contributed by atoms with Gasteiger partial charge in [-0.05, 0) is 37.1 Å². The number of methoxy groups -OCH3 is 1. The maximum atomic E-state index is 13.1. The van der Waals surface area contributed by atoms with Gasteiger partial charge >= 0.3 is 0 Å². The summed E-state index contributed by atoms with van der Waals surface area (Å²) in [7, 11) is 1.54. The Morgan fingerprint density at radius 3 is 2.78 bits per heavy atom. The number of hydrogen-bond donors (Lipinski definition) is 2. The quantitative estimate of drug-likeness (QED) is 0.616. The zero-order chi connectivity index (χ0) is 19.2. The van der Waals surface area contributed by atoms with E-state index in [4.69, 9.17) is 10.5 Å². The summed E-state index contributed by atoms with van der Waals surface area (Å²) in [5.74, 6) is 0.829. The third-order valence-electron chi connectivity index (χ3n) is 3.89. The number of rotatable bonds is 7. The van der Waals surface area contributed by atoms with Crippen LogP contribution in [0.1, 0.15) is 17.7 Å². The Morgan fingerprint density at radius 2 is 2.07 bits per heavy atom. The number of hydrogen-bond acceptors (Lipinski definition) is 7. The lowest BCUT2D eigenvalue weighted by Gasteiger charge is -2.05. The fourth-order valence-corrected chi connectivity index (χ4v) is 2.55. The Balaban J connectivity index is 1.67. The van der Waals surface area contributed by atoms with Crippen LogP contribution in [0.25, 0.3) is 5.69 Å².